The van der Waals surface area contributed by atoms with Gasteiger partial charge in [-0.15, -0.1) is 0 Å². The summed E-state index contributed by atoms with van der Waals surface area (Å²) in [6.07, 6.45) is 1.95. The maximum Gasteiger partial charge on any atom is 0.0346 e. The topological polar surface area (TPSA) is 52.0 Å². The van der Waals surface area contributed by atoms with Crippen LogP contribution in [0.5, 0.6) is 0 Å². The molecule has 0 fully saturated rings. The normalized spacial score (nSPS) is 10.9. The van der Waals surface area contributed by atoms with Gasteiger partial charge in [-0.2, -0.15) is 0 Å². The van der Waals surface area contributed by atoms with E-state index in [4.69, 9.17) is 11.5 Å². The minimum atomic E-state index is 0.620. The average Bonchev–Trinajstić information content (AvgIpc) is 2.36. The molecule has 100 valence electrons. The first-order valence-electron chi connectivity index (χ1n) is 6.76. The van der Waals surface area contributed by atoms with E-state index in [1.54, 1.807) is 0 Å². The molecule has 0 saturated heterocycles. The van der Waals surface area contributed by atoms with Crippen molar-refractivity contribution in [2.24, 2.45) is 5.92 Å². The van der Waals surface area contributed by atoms with Crippen LogP contribution in [0.2, 0.25) is 0 Å². The molecule has 0 bridgehead atoms. The molecule has 2 aromatic rings. The molecule has 0 aliphatic rings. The molecule has 0 aliphatic carbocycles. The minimum Gasteiger partial charge on any atom is -0.399 e. The number of hydrogen-bond acceptors (Lipinski definition) is 2. The van der Waals surface area contributed by atoms with Crippen molar-refractivity contribution < 1.29 is 0 Å². The molecule has 0 heterocycles. The zero-order chi connectivity index (χ0) is 13.8. The Bertz CT molecular complexity index is 542. The van der Waals surface area contributed by atoms with E-state index in [-0.39, 0.29) is 0 Å². The van der Waals surface area contributed by atoms with Crippen LogP contribution in [0.4, 0.5) is 11.4 Å². The van der Waals surface area contributed by atoms with Gasteiger partial charge in [0.15, 0.2) is 0 Å². The number of nitrogens with two attached hydrogens (primary N) is 2. The number of rotatable bonds is 4. The van der Waals surface area contributed by atoms with Gasteiger partial charge in [0.1, 0.15) is 0 Å². The molecule has 0 spiro atoms. The van der Waals surface area contributed by atoms with Gasteiger partial charge in [0.05, 0.1) is 0 Å². The van der Waals surface area contributed by atoms with Crippen molar-refractivity contribution in [1.82, 2.24) is 0 Å². The van der Waals surface area contributed by atoms with Crippen LogP contribution >= 0.6 is 0 Å². The van der Waals surface area contributed by atoms with E-state index in [0.717, 1.165) is 24.2 Å². The third kappa shape index (κ3) is 3.75. The molecule has 0 amide bonds. The summed E-state index contributed by atoms with van der Waals surface area (Å²) in [4.78, 5) is 0. The molecule has 0 radical (unpaired) electrons. The fraction of sp³-hybridized carbons (Fsp3) is 0.294. The monoisotopic (exact) mass is 254 g/mol. The molecule has 0 atom stereocenters. The Hall–Kier alpha value is -1.96. The molecule has 4 N–H and O–H groups in total. The SMILES string of the molecule is CC(C)Cc1cc(Cc2ccc(N)cc2)ccc1N. The molecule has 0 unspecified atom stereocenters. The summed E-state index contributed by atoms with van der Waals surface area (Å²) in [5.41, 5.74) is 17.3. The Morgan fingerprint density at radius 1 is 0.895 bits per heavy atom. The molecule has 0 saturated carbocycles. The highest BCUT2D eigenvalue weighted by Gasteiger charge is 2.04. The van der Waals surface area contributed by atoms with Gasteiger partial charge >= 0.3 is 0 Å². The fourth-order valence-corrected chi connectivity index (χ4v) is 2.26. The van der Waals surface area contributed by atoms with E-state index < -0.39 is 0 Å². The van der Waals surface area contributed by atoms with Crippen molar-refractivity contribution in [3.8, 4) is 0 Å². The van der Waals surface area contributed by atoms with Crippen LogP contribution in [0.3, 0.4) is 0 Å². The second-order valence-corrected chi connectivity index (χ2v) is 5.55. The van der Waals surface area contributed by atoms with Crippen molar-refractivity contribution in [1.29, 1.82) is 0 Å². The Morgan fingerprint density at radius 3 is 2.16 bits per heavy atom. The van der Waals surface area contributed by atoms with E-state index in [0.29, 0.717) is 5.92 Å². The van der Waals surface area contributed by atoms with Crippen molar-refractivity contribution in [2.75, 3.05) is 11.5 Å². The van der Waals surface area contributed by atoms with Crippen molar-refractivity contribution in [2.45, 2.75) is 26.7 Å². The van der Waals surface area contributed by atoms with Crippen LogP contribution in [0.15, 0.2) is 42.5 Å². The van der Waals surface area contributed by atoms with Crippen molar-refractivity contribution >= 4 is 11.4 Å². The first-order valence-corrected chi connectivity index (χ1v) is 6.76. The molecular weight excluding hydrogens is 232 g/mol. The van der Waals surface area contributed by atoms with Gasteiger partial charge in [-0.3, -0.25) is 0 Å². The number of hydrogen-bond donors (Lipinski definition) is 2. The Balaban J connectivity index is 2.18. The molecular formula is C17H22N2. The smallest absolute Gasteiger partial charge is 0.0346 e. The van der Waals surface area contributed by atoms with Gasteiger partial charge in [0.2, 0.25) is 0 Å². The highest BCUT2D eigenvalue weighted by molar-refractivity contribution is 5.50. The van der Waals surface area contributed by atoms with Crippen LogP contribution in [0.25, 0.3) is 0 Å². The quantitative estimate of drug-likeness (QED) is 0.818. The summed E-state index contributed by atoms with van der Waals surface area (Å²) in [5, 5.41) is 0. The number of benzene rings is 2. The van der Waals surface area contributed by atoms with Crippen LogP contribution in [0, 0.1) is 5.92 Å². The third-order valence-corrected chi connectivity index (χ3v) is 3.22. The minimum absolute atomic E-state index is 0.620. The lowest BCUT2D eigenvalue weighted by Gasteiger charge is -2.11. The van der Waals surface area contributed by atoms with Crippen LogP contribution in [-0.2, 0) is 12.8 Å². The van der Waals surface area contributed by atoms with E-state index in [9.17, 15) is 0 Å². The third-order valence-electron chi connectivity index (χ3n) is 3.22. The predicted molar refractivity (Wildman–Crippen MR) is 83.1 cm³/mol. The van der Waals surface area contributed by atoms with Crippen molar-refractivity contribution in [3.05, 3.63) is 59.2 Å². The predicted octanol–water partition coefficient (Wildman–Crippen LogP) is 3.64. The first kappa shape index (κ1) is 13.5. The highest BCUT2D eigenvalue weighted by Crippen LogP contribution is 2.20. The van der Waals surface area contributed by atoms with E-state index in [2.05, 4.69) is 38.1 Å². The summed E-state index contributed by atoms with van der Waals surface area (Å²) in [6.45, 7) is 4.43. The molecule has 2 rings (SSSR count). The second kappa shape index (κ2) is 5.79. The molecule has 2 heteroatoms. The Kier molecular flexibility index (Phi) is 4.10. The molecule has 2 aromatic carbocycles. The van der Waals surface area contributed by atoms with Gasteiger partial charge in [-0.25, -0.2) is 0 Å². The largest absolute Gasteiger partial charge is 0.399 e. The number of nitrogen functional groups attached to an aromatic ring is 2. The summed E-state index contributed by atoms with van der Waals surface area (Å²) >= 11 is 0. The lowest BCUT2D eigenvalue weighted by molar-refractivity contribution is 0.648. The van der Waals surface area contributed by atoms with E-state index in [1.165, 1.54) is 16.7 Å². The fourth-order valence-electron chi connectivity index (χ4n) is 2.26. The van der Waals surface area contributed by atoms with Gasteiger partial charge in [-0.1, -0.05) is 38.1 Å². The van der Waals surface area contributed by atoms with E-state index >= 15 is 0 Å². The lowest BCUT2D eigenvalue weighted by atomic mass is 9.96. The Labute approximate surface area is 115 Å². The van der Waals surface area contributed by atoms with Gasteiger partial charge in [0, 0.05) is 11.4 Å². The van der Waals surface area contributed by atoms with Crippen LogP contribution < -0.4 is 11.5 Å². The van der Waals surface area contributed by atoms with Gasteiger partial charge < -0.3 is 11.5 Å². The van der Waals surface area contributed by atoms with Gasteiger partial charge in [-0.05, 0) is 53.6 Å². The second-order valence-electron chi connectivity index (χ2n) is 5.55. The lowest BCUT2D eigenvalue weighted by Crippen LogP contribution is -2.01. The van der Waals surface area contributed by atoms with Crippen molar-refractivity contribution in [3.63, 3.8) is 0 Å². The maximum atomic E-state index is 6.03. The summed E-state index contributed by atoms with van der Waals surface area (Å²) in [5.74, 6) is 0.620. The maximum absolute atomic E-state index is 6.03. The average molecular weight is 254 g/mol. The van der Waals surface area contributed by atoms with E-state index in [1.807, 2.05) is 18.2 Å². The molecule has 2 nitrogen and oxygen atoms in total. The zero-order valence-electron chi connectivity index (χ0n) is 11.7. The zero-order valence-corrected chi connectivity index (χ0v) is 11.7. The summed E-state index contributed by atoms with van der Waals surface area (Å²) in [6, 6.07) is 14.4. The van der Waals surface area contributed by atoms with Gasteiger partial charge in [0.25, 0.3) is 0 Å². The standard InChI is InChI=1S/C17H22N2/c1-12(2)9-15-11-14(5-8-17(15)19)10-13-3-6-16(18)7-4-13/h3-8,11-12H,9-10,18-19H2,1-2H3. The molecule has 19 heavy (non-hydrogen) atoms. The summed E-state index contributed by atoms with van der Waals surface area (Å²) < 4.78 is 0. The summed E-state index contributed by atoms with van der Waals surface area (Å²) in [7, 11) is 0. The first-order chi connectivity index (χ1) is 9.04. The molecule has 0 aromatic heterocycles. The molecule has 0 aliphatic heterocycles. The van der Waals surface area contributed by atoms with Crippen LogP contribution in [-0.4, -0.2) is 0 Å². The van der Waals surface area contributed by atoms with Crippen LogP contribution in [0.1, 0.15) is 30.5 Å². The number of anilines is 2. The highest BCUT2D eigenvalue weighted by atomic mass is 14.6. The Morgan fingerprint density at radius 2 is 1.53 bits per heavy atom.